The molecule has 2 fully saturated rings. The highest BCUT2D eigenvalue weighted by Gasteiger charge is 2.38. The predicted octanol–water partition coefficient (Wildman–Crippen LogP) is 0.582. The molecule has 2 aliphatic rings. The van der Waals surface area contributed by atoms with Crippen molar-refractivity contribution >= 4 is 0 Å². The predicted molar refractivity (Wildman–Crippen MR) is 57.3 cm³/mol. The lowest BCUT2D eigenvalue weighted by atomic mass is 10.2. The molecular formula is C11H22N2O. The quantitative estimate of drug-likeness (QED) is 0.694. The van der Waals surface area contributed by atoms with Crippen molar-refractivity contribution in [3.05, 3.63) is 0 Å². The normalized spacial score (nSPS) is 36.2. The van der Waals surface area contributed by atoms with Crippen molar-refractivity contribution in [1.82, 2.24) is 10.2 Å². The number of hydrogen-bond donors (Lipinski definition) is 2. The highest BCUT2D eigenvalue weighted by atomic mass is 16.3. The Hall–Kier alpha value is -0.120. The molecule has 1 aliphatic carbocycles. The molecule has 2 rings (SSSR count). The van der Waals surface area contributed by atoms with Crippen LogP contribution in [0, 0.1) is 0 Å². The van der Waals surface area contributed by atoms with Crippen molar-refractivity contribution in [2.45, 2.75) is 57.3 Å². The maximum Gasteiger partial charge on any atom is 0.0582 e. The van der Waals surface area contributed by atoms with Crippen molar-refractivity contribution in [2.75, 3.05) is 13.2 Å². The number of nitrogens with zero attached hydrogens (tertiary/aromatic N) is 1. The molecule has 3 nitrogen and oxygen atoms in total. The monoisotopic (exact) mass is 198 g/mol. The summed E-state index contributed by atoms with van der Waals surface area (Å²) in [6.45, 7) is 5.79. The van der Waals surface area contributed by atoms with Gasteiger partial charge in [-0.15, -0.1) is 0 Å². The molecule has 2 N–H and O–H groups in total. The maximum absolute atomic E-state index is 8.97. The van der Waals surface area contributed by atoms with Gasteiger partial charge in [-0.2, -0.15) is 0 Å². The average molecular weight is 198 g/mol. The Morgan fingerprint density at radius 3 is 2.79 bits per heavy atom. The molecule has 3 heteroatoms. The number of aliphatic hydroxyl groups is 1. The number of aliphatic hydroxyl groups excluding tert-OH is 1. The first-order chi connectivity index (χ1) is 6.70. The Bertz CT molecular complexity index is 194. The Labute approximate surface area is 86.5 Å². The van der Waals surface area contributed by atoms with E-state index < -0.39 is 0 Å². The van der Waals surface area contributed by atoms with Gasteiger partial charge in [0.15, 0.2) is 0 Å². The fourth-order valence-corrected chi connectivity index (χ4v) is 2.55. The molecule has 82 valence electrons. The van der Waals surface area contributed by atoms with Gasteiger partial charge in [0.05, 0.1) is 6.61 Å². The van der Waals surface area contributed by atoms with E-state index in [0.717, 1.165) is 12.1 Å². The van der Waals surface area contributed by atoms with Gasteiger partial charge in [0, 0.05) is 30.7 Å². The Morgan fingerprint density at radius 1 is 1.50 bits per heavy atom. The smallest absolute Gasteiger partial charge is 0.0582 e. The number of rotatable bonds is 4. The van der Waals surface area contributed by atoms with Gasteiger partial charge in [-0.3, -0.25) is 4.90 Å². The zero-order valence-corrected chi connectivity index (χ0v) is 9.24. The lowest BCUT2D eigenvalue weighted by Crippen LogP contribution is -2.40. The standard InChI is InChI=1S/C11H22N2O/c1-8(7-14)12-10-5-9(2)13(6-10)11-3-4-11/h8-12,14H,3-7H2,1-2H3/t8-,9?,10?/m0/s1. The second kappa shape index (κ2) is 4.17. The highest BCUT2D eigenvalue weighted by Crippen LogP contribution is 2.33. The lowest BCUT2D eigenvalue weighted by Gasteiger charge is -2.20. The number of likely N-dealkylation sites (tertiary alicyclic amines) is 1. The molecule has 1 saturated heterocycles. The first kappa shape index (κ1) is 10.4. The summed E-state index contributed by atoms with van der Waals surface area (Å²) in [5.41, 5.74) is 0. The first-order valence-electron chi connectivity index (χ1n) is 5.83. The Kier molecular flexibility index (Phi) is 3.10. The van der Waals surface area contributed by atoms with Crippen LogP contribution in [0.1, 0.15) is 33.1 Å². The molecule has 3 atom stereocenters. The molecule has 0 spiro atoms. The van der Waals surface area contributed by atoms with Gasteiger partial charge in [-0.05, 0) is 33.1 Å². The number of hydrogen-bond acceptors (Lipinski definition) is 3. The van der Waals surface area contributed by atoms with Gasteiger partial charge in [0.2, 0.25) is 0 Å². The average Bonchev–Trinajstić information content (AvgIpc) is 2.92. The van der Waals surface area contributed by atoms with Gasteiger partial charge in [0.25, 0.3) is 0 Å². The molecule has 0 aromatic rings. The molecule has 0 aromatic carbocycles. The van der Waals surface area contributed by atoms with Crippen LogP contribution < -0.4 is 5.32 Å². The fourth-order valence-electron chi connectivity index (χ4n) is 2.55. The molecule has 1 saturated carbocycles. The van der Waals surface area contributed by atoms with Crippen LogP contribution in [0.5, 0.6) is 0 Å². The molecule has 0 radical (unpaired) electrons. The van der Waals surface area contributed by atoms with Crippen LogP contribution in [0.3, 0.4) is 0 Å². The highest BCUT2D eigenvalue weighted by molar-refractivity contribution is 4.96. The van der Waals surface area contributed by atoms with E-state index in [4.69, 9.17) is 5.11 Å². The summed E-state index contributed by atoms with van der Waals surface area (Å²) in [7, 11) is 0. The van der Waals surface area contributed by atoms with Gasteiger partial charge < -0.3 is 10.4 Å². The van der Waals surface area contributed by atoms with Gasteiger partial charge in [-0.1, -0.05) is 0 Å². The van der Waals surface area contributed by atoms with E-state index in [-0.39, 0.29) is 12.6 Å². The van der Waals surface area contributed by atoms with Crippen LogP contribution >= 0.6 is 0 Å². The molecule has 0 bridgehead atoms. The minimum atomic E-state index is 0.242. The van der Waals surface area contributed by atoms with Crippen molar-refractivity contribution in [2.24, 2.45) is 0 Å². The Balaban J connectivity index is 1.80. The van der Waals surface area contributed by atoms with E-state index >= 15 is 0 Å². The van der Waals surface area contributed by atoms with Crippen molar-refractivity contribution in [1.29, 1.82) is 0 Å². The summed E-state index contributed by atoms with van der Waals surface area (Å²) >= 11 is 0. The van der Waals surface area contributed by atoms with E-state index in [2.05, 4.69) is 17.1 Å². The van der Waals surface area contributed by atoms with Crippen molar-refractivity contribution in [3.63, 3.8) is 0 Å². The van der Waals surface area contributed by atoms with Crippen LogP contribution in [0.2, 0.25) is 0 Å². The third kappa shape index (κ3) is 2.27. The third-order valence-electron chi connectivity index (χ3n) is 3.43. The molecular weight excluding hydrogens is 176 g/mol. The SMILES string of the molecule is CC1CC(N[C@@H](C)CO)CN1C1CC1. The molecule has 0 aromatic heterocycles. The summed E-state index contributed by atoms with van der Waals surface area (Å²) in [5, 5.41) is 12.5. The van der Waals surface area contributed by atoms with Gasteiger partial charge in [0.1, 0.15) is 0 Å². The summed E-state index contributed by atoms with van der Waals surface area (Å²) in [6, 6.07) is 2.44. The topological polar surface area (TPSA) is 35.5 Å². The molecule has 14 heavy (non-hydrogen) atoms. The molecule has 1 aliphatic heterocycles. The summed E-state index contributed by atoms with van der Waals surface area (Å²) < 4.78 is 0. The van der Waals surface area contributed by atoms with E-state index in [0.29, 0.717) is 6.04 Å². The van der Waals surface area contributed by atoms with Crippen LogP contribution in [0.25, 0.3) is 0 Å². The van der Waals surface area contributed by atoms with E-state index in [1.165, 1.54) is 25.8 Å². The Morgan fingerprint density at radius 2 is 2.21 bits per heavy atom. The van der Waals surface area contributed by atoms with Crippen LogP contribution in [0.15, 0.2) is 0 Å². The van der Waals surface area contributed by atoms with Crippen LogP contribution in [0.4, 0.5) is 0 Å². The summed E-state index contributed by atoms with van der Waals surface area (Å²) in [6.07, 6.45) is 4.03. The fraction of sp³-hybridized carbons (Fsp3) is 1.00. The van der Waals surface area contributed by atoms with E-state index in [9.17, 15) is 0 Å². The molecule has 0 amide bonds. The maximum atomic E-state index is 8.97. The lowest BCUT2D eigenvalue weighted by molar-refractivity contribution is 0.233. The van der Waals surface area contributed by atoms with E-state index in [1.54, 1.807) is 0 Å². The summed E-state index contributed by atoms with van der Waals surface area (Å²) in [4.78, 5) is 2.63. The first-order valence-corrected chi connectivity index (χ1v) is 5.83. The second-order valence-electron chi connectivity index (χ2n) is 4.96. The van der Waals surface area contributed by atoms with Crippen LogP contribution in [-0.2, 0) is 0 Å². The summed E-state index contributed by atoms with van der Waals surface area (Å²) in [5.74, 6) is 0. The van der Waals surface area contributed by atoms with Gasteiger partial charge >= 0.3 is 0 Å². The minimum absolute atomic E-state index is 0.242. The molecule has 2 unspecified atom stereocenters. The zero-order valence-electron chi connectivity index (χ0n) is 9.24. The molecule has 1 heterocycles. The largest absolute Gasteiger partial charge is 0.395 e. The third-order valence-corrected chi connectivity index (χ3v) is 3.43. The van der Waals surface area contributed by atoms with Gasteiger partial charge in [-0.25, -0.2) is 0 Å². The number of nitrogens with one attached hydrogen (secondary N) is 1. The van der Waals surface area contributed by atoms with E-state index in [1.807, 2.05) is 6.92 Å². The van der Waals surface area contributed by atoms with Crippen molar-refractivity contribution in [3.8, 4) is 0 Å². The van der Waals surface area contributed by atoms with Crippen LogP contribution in [-0.4, -0.2) is 47.3 Å². The second-order valence-corrected chi connectivity index (χ2v) is 4.96. The van der Waals surface area contributed by atoms with Crippen molar-refractivity contribution < 1.29 is 5.11 Å². The minimum Gasteiger partial charge on any atom is -0.395 e. The zero-order chi connectivity index (χ0) is 10.1.